The average Bonchev–Trinajstić information content (AvgIpc) is 2.32. The smallest absolute Gasteiger partial charge is 0.238 e. The second-order valence-electron chi connectivity index (χ2n) is 4.25. The topological polar surface area (TPSA) is 41.1 Å². The Bertz CT molecular complexity index is 350. The molecule has 17 heavy (non-hydrogen) atoms. The summed E-state index contributed by atoms with van der Waals surface area (Å²) in [7, 11) is 0. The molecule has 0 radical (unpaired) electrons. The van der Waals surface area contributed by atoms with Crippen molar-refractivity contribution in [2.75, 3.05) is 18.4 Å². The maximum atomic E-state index is 11.6. The summed E-state index contributed by atoms with van der Waals surface area (Å²) in [6, 6.07) is 7.81. The molecule has 0 spiro atoms. The lowest BCUT2D eigenvalue weighted by atomic mass is 10.2. The van der Waals surface area contributed by atoms with Crippen molar-refractivity contribution in [1.29, 1.82) is 0 Å². The van der Waals surface area contributed by atoms with E-state index < -0.39 is 0 Å². The molecule has 1 rings (SSSR count). The van der Waals surface area contributed by atoms with Gasteiger partial charge in [0.1, 0.15) is 0 Å². The van der Waals surface area contributed by atoms with Crippen LogP contribution in [0.25, 0.3) is 0 Å². The van der Waals surface area contributed by atoms with Crippen LogP contribution in [0, 0.1) is 6.92 Å². The lowest BCUT2D eigenvalue weighted by Gasteiger charge is -2.08. The average molecular weight is 234 g/mol. The van der Waals surface area contributed by atoms with Crippen molar-refractivity contribution < 1.29 is 4.79 Å². The van der Waals surface area contributed by atoms with E-state index in [0.29, 0.717) is 6.54 Å². The van der Waals surface area contributed by atoms with E-state index in [1.165, 1.54) is 12.8 Å². The zero-order chi connectivity index (χ0) is 12.5. The maximum Gasteiger partial charge on any atom is 0.238 e. The second-order valence-corrected chi connectivity index (χ2v) is 4.25. The molecule has 0 aliphatic heterocycles. The van der Waals surface area contributed by atoms with Gasteiger partial charge < -0.3 is 10.6 Å². The van der Waals surface area contributed by atoms with E-state index in [9.17, 15) is 4.79 Å². The number of rotatable bonds is 7. The Balaban J connectivity index is 2.23. The quantitative estimate of drug-likeness (QED) is 0.712. The second kappa shape index (κ2) is 7.85. The van der Waals surface area contributed by atoms with Gasteiger partial charge in [-0.1, -0.05) is 38.0 Å². The van der Waals surface area contributed by atoms with E-state index in [1.807, 2.05) is 31.2 Å². The van der Waals surface area contributed by atoms with Gasteiger partial charge in [0.15, 0.2) is 0 Å². The lowest BCUT2D eigenvalue weighted by Crippen LogP contribution is -2.28. The van der Waals surface area contributed by atoms with E-state index in [4.69, 9.17) is 0 Å². The minimum atomic E-state index is 0.0239. The first kappa shape index (κ1) is 13.7. The van der Waals surface area contributed by atoms with Gasteiger partial charge in [0, 0.05) is 5.69 Å². The number of hydrogen-bond donors (Lipinski definition) is 2. The summed E-state index contributed by atoms with van der Waals surface area (Å²) in [4.78, 5) is 11.6. The fraction of sp³-hybridized carbons (Fsp3) is 0.500. The van der Waals surface area contributed by atoms with Crippen LogP contribution in [0.4, 0.5) is 5.69 Å². The highest BCUT2D eigenvalue weighted by atomic mass is 16.1. The number of para-hydroxylation sites is 1. The molecular formula is C14H22N2O. The summed E-state index contributed by atoms with van der Waals surface area (Å²) in [6.45, 7) is 5.46. The number of benzene rings is 1. The van der Waals surface area contributed by atoms with E-state index in [0.717, 1.165) is 24.2 Å². The monoisotopic (exact) mass is 234 g/mol. The number of amides is 1. The van der Waals surface area contributed by atoms with Crippen LogP contribution in [0.5, 0.6) is 0 Å². The van der Waals surface area contributed by atoms with E-state index in [-0.39, 0.29) is 5.91 Å². The van der Waals surface area contributed by atoms with Crippen LogP contribution >= 0.6 is 0 Å². The van der Waals surface area contributed by atoms with Gasteiger partial charge in [0.2, 0.25) is 5.91 Å². The van der Waals surface area contributed by atoms with Crippen molar-refractivity contribution in [1.82, 2.24) is 5.32 Å². The zero-order valence-corrected chi connectivity index (χ0v) is 10.8. The first-order chi connectivity index (χ1) is 8.24. The predicted octanol–water partition coefficient (Wildman–Crippen LogP) is 2.71. The fourth-order valence-corrected chi connectivity index (χ4v) is 1.61. The van der Waals surface area contributed by atoms with Crippen molar-refractivity contribution in [3.8, 4) is 0 Å². The highest BCUT2D eigenvalue weighted by Gasteiger charge is 2.02. The Hall–Kier alpha value is -1.35. The molecule has 1 amide bonds. The van der Waals surface area contributed by atoms with E-state index in [2.05, 4.69) is 17.6 Å². The zero-order valence-electron chi connectivity index (χ0n) is 10.8. The van der Waals surface area contributed by atoms with Crippen molar-refractivity contribution in [3.05, 3.63) is 29.8 Å². The molecule has 0 fully saturated rings. The van der Waals surface area contributed by atoms with Crippen molar-refractivity contribution in [2.45, 2.75) is 33.1 Å². The number of nitrogens with one attached hydrogen (secondary N) is 2. The van der Waals surface area contributed by atoms with Crippen LogP contribution in [0.1, 0.15) is 31.7 Å². The van der Waals surface area contributed by atoms with Crippen molar-refractivity contribution in [3.63, 3.8) is 0 Å². The molecule has 2 N–H and O–H groups in total. The van der Waals surface area contributed by atoms with Gasteiger partial charge in [0.05, 0.1) is 6.54 Å². The molecule has 1 aromatic carbocycles. The normalized spacial score (nSPS) is 10.2. The maximum absolute atomic E-state index is 11.6. The molecule has 0 bridgehead atoms. The Morgan fingerprint density at radius 1 is 1.24 bits per heavy atom. The molecule has 94 valence electrons. The number of carbonyl (C=O) groups excluding carboxylic acids is 1. The van der Waals surface area contributed by atoms with Crippen LogP contribution < -0.4 is 10.6 Å². The minimum Gasteiger partial charge on any atom is -0.325 e. The Labute approximate surface area is 104 Å². The first-order valence-electron chi connectivity index (χ1n) is 6.30. The van der Waals surface area contributed by atoms with E-state index in [1.54, 1.807) is 0 Å². The number of anilines is 1. The summed E-state index contributed by atoms with van der Waals surface area (Å²) in [5.74, 6) is 0.0239. The molecule has 1 aromatic rings. The van der Waals surface area contributed by atoms with Gasteiger partial charge in [-0.25, -0.2) is 0 Å². The summed E-state index contributed by atoms with van der Waals surface area (Å²) in [6.07, 6.45) is 3.55. The number of carbonyl (C=O) groups is 1. The summed E-state index contributed by atoms with van der Waals surface area (Å²) in [5, 5.41) is 6.05. The molecule has 0 saturated carbocycles. The van der Waals surface area contributed by atoms with Gasteiger partial charge in [-0.05, 0) is 31.5 Å². The number of unbranched alkanes of at least 4 members (excludes halogenated alkanes) is 2. The largest absolute Gasteiger partial charge is 0.325 e. The standard InChI is InChI=1S/C14H22N2O/c1-3-4-7-10-15-11-14(17)16-13-9-6-5-8-12(13)2/h5-6,8-9,15H,3-4,7,10-11H2,1-2H3,(H,16,17). The summed E-state index contributed by atoms with van der Waals surface area (Å²) in [5.41, 5.74) is 1.99. The third-order valence-corrected chi connectivity index (χ3v) is 2.66. The van der Waals surface area contributed by atoms with Crippen LogP contribution in [0.15, 0.2) is 24.3 Å². The first-order valence-corrected chi connectivity index (χ1v) is 6.30. The molecule has 0 atom stereocenters. The Morgan fingerprint density at radius 2 is 2.00 bits per heavy atom. The van der Waals surface area contributed by atoms with Gasteiger partial charge in [-0.3, -0.25) is 4.79 Å². The third-order valence-electron chi connectivity index (χ3n) is 2.66. The molecule has 0 heterocycles. The molecule has 3 heteroatoms. The Kier molecular flexibility index (Phi) is 6.33. The van der Waals surface area contributed by atoms with Crippen molar-refractivity contribution >= 4 is 11.6 Å². The highest BCUT2D eigenvalue weighted by Crippen LogP contribution is 2.12. The fourth-order valence-electron chi connectivity index (χ4n) is 1.61. The molecule has 0 aliphatic carbocycles. The molecule has 0 aromatic heterocycles. The molecule has 3 nitrogen and oxygen atoms in total. The highest BCUT2D eigenvalue weighted by molar-refractivity contribution is 5.92. The number of aryl methyl sites for hydroxylation is 1. The summed E-state index contributed by atoms with van der Waals surface area (Å²) >= 11 is 0. The molecule has 0 saturated heterocycles. The molecular weight excluding hydrogens is 212 g/mol. The predicted molar refractivity (Wildman–Crippen MR) is 72.2 cm³/mol. The number of hydrogen-bond acceptors (Lipinski definition) is 2. The van der Waals surface area contributed by atoms with Crippen LogP contribution in [-0.2, 0) is 4.79 Å². The van der Waals surface area contributed by atoms with Gasteiger partial charge in [-0.15, -0.1) is 0 Å². The Morgan fingerprint density at radius 3 is 2.71 bits per heavy atom. The lowest BCUT2D eigenvalue weighted by molar-refractivity contribution is -0.115. The molecule has 0 aliphatic rings. The van der Waals surface area contributed by atoms with Crippen LogP contribution in [-0.4, -0.2) is 19.0 Å². The van der Waals surface area contributed by atoms with E-state index >= 15 is 0 Å². The SMILES string of the molecule is CCCCCNCC(=O)Nc1ccccc1C. The van der Waals surface area contributed by atoms with Gasteiger partial charge in [-0.2, -0.15) is 0 Å². The van der Waals surface area contributed by atoms with Crippen molar-refractivity contribution in [2.24, 2.45) is 0 Å². The van der Waals surface area contributed by atoms with Crippen LogP contribution in [0.2, 0.25) is 0 Å². The molecule has 0 unspecified atom stereocenters. The van der Waals surface area contributed by atoms with Gasteiger partial charge in [0.25, 0.3) is 0 Å². The third kappa shape index (κ3) is 5.50. The van der Waals surface area contributed by atoms with Crippen LogP contribution in [0.3, 0.4) is 0 Å². The minimum absolute atomic E-state index is 0.0239. The summed E-state index contributed by atoms with van der Waals surface area (Å²) < 4.78 is 0. The van der Waals surface area contributed by atoms with Gasteiger partial charge >= 0.3 is 0 Å².